The van der Waals surface area contributed by atoms with Crippen molar-refractivity contribution in [3.8, 4) is 0 Å². The molecule has 0 aliphatic carbocycles. The van der Waals surface area contributed by atoms with Crippen molar-refractivity contribution in [3.63, 3.8) is 0 Å². The van der Waals surface area contributed by atoms with Gasteiger partial charge in [0.1, 0.15) is 6.10 Å². The van der Waals surface area contributed by atoms with Gasteiger partial charge in [-0.2, -0.15) is 32.9 Å². The van der Waals surface area contributed by atoms with Crippen molar-refractivity contribution in [1.82, 2.24) is 0 Å². The number of hydrogen-bond donors (Lipinski definition) is 0. The van der Waals surface area contributed by atoms with Crippen molar-refractivity contribution < 1.29 is 35.5 Å². The molecule has 1 aliphatic rings. The third-order valence-corrected chi connectivity index (χ3v) is 2.94. The fourth-order valence-corrected chi connectivity index (χ4v) is 1.98. The van der Waals surface area contributed by atoms with Crippen molar-refractivity contribution in [2.45, 2.75) is 31.8 Å². The number of ether oxygens (including phenoxy) is 1. The summed E-state index contributed by atoms with van der Waals surface area (Å²) in [4.78, 5) is 0. The van der Waals surface area contributed by atoms with Gasteiger partial charge in [0.2, 0.25) is 0 Å². The quantitative estimate of drug-likeness (QED) is 0.625. The Labute approximate surface area is 116 Å². The van der Waals surface area contributed by atoms with Crippen LogP contribution in [-0.4, -0.2) is 18.2 Å². The summed E-state index contributed by atoms with van der Waals surface area (Å²) in [7, 11) is 0. The van der Waals surface area contributed by atoms with Gasteiger partial charge in [-0.1, -0.05) is 13.0 Å². The van der Waals surface area contributed by atoms with E-state index in [-0.39, 0.29) is 27.5 Å². The molecule has 0 radical (unpaired) electrons. The van der Waals surface area contributed by atoms with Gasteiger partial charge in [-0.25, -0.2) is 0 Å². The van der Waals surface area contributed by atoms with Gasteiger partial charge in [-0.3, -0.25) is 0 Å². The average Bonchev–Trinajstić information content (AvgIpc) is 2.83. The molecule has 2 rings (SSSR count). The van der Waals surface area contributed by atoms with Crippen LogP contribution in [0.25, 0.3) is 0 Å². The standard InChI is InChI=1S/C13H15F2O.Ni.H2O/c1-2-10-5-3-6-11(9-10)13(14,15)12-7-4-8-16-12;;/h2-3,5-6,9,12H,4,7-8H2,1H3;;1H2/q-1;;. The second-order valence-electron chi connectivity index (χ2n) is 4.04. The molecular formula is C13H17F2NiO2-. The van der Waals surface area contributed by atoms with Gasteiger partial charge in [0.05, 0.1) is 0 Å². The molecule has 5 heteroatoms. The van der Waals surface area contributed by atoms with Crippen molar-refractivity contribution in [2.75, 3.05) is 6.61 Å². The van der Waals surface area contributed by atoms with Crippen LogP contribution in [0.4, 0.5) is 8.78 Å². The minimum Gasteiger partial charge on any atom is -0.412 e. The first-order valence-corrected chi connectivity index (χ1v) is 5.54. The monoisotopic (exact) mass is 301 g/mol. The fourth-order valence-electron chi connectivity index (χ4n) is 1.98. The number of alkyl halides is 2. The number of halogens is 2. The van der Waals surface area contributed by atoms with E-state index in [1.807, 2.05) is 19.4 Å². The van der Waals surface area contributed by atoms with Crippen LogP contribution < -0.4 is 0 Å². The molecular weight excluding hydrogens is 285 g/mol. The van der Waals surface area contributed by atoms with Gasteiger partial charge in [-0.05, 0) is 18.4 Å². The maximum atomic E-state index is 14.0. The van der Waals surface area contributed by atoms with Crippen molar-refractivity contribution in [2.24, 2.45) is 0 Å². The fraction of sp³-hybridized carbons (Fsp3) is 0.462. The number of rotatable bonds is 3. The summed E-state index contributed by atoms with van der Waals surface area (Å²) in [5.41, 5.74) is 0.866. The van der Waals surface area contributed by atoms with Crippen LogP contribution in [0, 0.1) is 6.42 Å². The molecule has 1 fully saturated rings. The average molecular weight is 302 g/mol. The molecule has 1 aromatic carbocycles. The molecule has 0 amide bonds. The van der Waals surface area contributed by atoms with Gasteiger partial charge >= 0.3 is 0 Å². The molecule has 1 heterocycles. The second-order valence-corrected chi connectivity index (χ2v) is 4.04. The van der Waals surface area contributed by atoms with Crippen LogP contribution in [0.2, 0.25) is 0 Å². The predicted octanol–water partition coefficient (Wildman–Crippen LogP) is 2.70. The third kappa shape index (κ3) is 3.44. The summed E-state index contributed by atoms with van der Waals surface area (Å²) >= 11 is 0. The molecule has 0 spiro atoms. The van der Waals surface area contributed by atoms with E-state index in [0.29, 0.717) is 13.0 Å². The Kier molecular flexibility index (Phi) is 6.83. The Morgan fingerprint density at radius 2 is 2.11 bits per heavy atom. The SMILES string of the molecule is C[CH-]c1cccc(C(F)(F)C2CCCO2)c1.O.[Ni]. The van der Waals surface area contributed by atoms with Crippen LogP contribution in [0.15, 0.2) is 24.3 Å². The molecule has 106 valence electrons. The topological polar surface area (TPSA) is 40.7 Å². The van der Waals surface area contributed by atoms with Crippen LogP contribution in [0.1, 0.15) is 30.9 Å². The molecule has 2 nitrogen and oxygen atoms in total. The predicted molar refractivity (Wildman–Crippen MR) is 62.0 cm³/mol. The molecule has 2 N–H and O–H groups in total. The number of hydrogen-bond acceptors (Lipinski definition) is 1. The van der Waals surface area contributed by atoms with E-state index in [1.165, 1.54) is 12.1 Å². The molecule has 18 heavy (non-hydrogen) atoms. The van der Waals surface area contributed by atoms with Gasteiger partial charge in [-0.15, -0.1) is 6.07 Å². The minimum atomic E-state index is -2.88. The van der Waals surface area contributed by atoms with E-state index in [0.717, 1.165) is 12.0 Å². The van der Waals surface area contributed by atoms with Crippen LogP contribution >= 0.6 is 0 Å². The Bertz CT molecular complexity index is 366. The summed E-state index contributed by atoms with van der Waals surface area (Å²) in [6, 6.07) is 6.47. The largest absolute Gasteiger partial charge is 0.412 e. The van der Waals surface area contributed by atoms with Gasteiger partial charge in [0.15, 0.2) is 0 Å². The zero-order valence-electron chi connectivity index (χ0n) is 10.1. The van der Waals surface area contributed by atoms with Crippen LogP contribution in [0.5, 0.6) is 0 Å². The van der Waals surface area contributed by atoms with E-state index in [1.54, 1.807) is 6.07 Å². The third-order valence-electron chi connectivity index (χ3n) is 2.94. The molecule has 1 atom stereocenters. The van der Waals surface area contributed by atoms with E-state index < -0.39 is 12.0 Å². The Morgan fingerprint density at radius 1 is 1.39 bits per heavy atom. The Morgan fingerprint density at radius 3 is 2.67 bits per heavy atom. The molecule has 0 aromatic heterocycles. The molecule has 1 unspecified atom stereocenters. The van der Waals surface area contributed by atoms with Crippen molar-refractivity contribution in [3.05, 3.63) is 41.8 Å². The van der Waals surface area contributed by atoms with Gasteiger partial charge in [0, 0.05) is 23.1 Å². The van der Waals surface area contributed by atoms with Gasteiger partial charge < -0.3 is 10.2 Å². The first kappa shape index (κ1) is 17.4. The Hall–Kier alpha value is -0.636. The first-order valence-electron chi connectivity index (χ1n) is 5.54. The summed E-state index contributed by atoms with van der Waals surface area (Å²) in [5.74, 6) is -2.88. The molecule has 1 saturated heterocycles. The van der Waals surface area contributed by atoms with Crippen molar-refractivity contribution in [1.29, 1.82) is 0 Å². The summed E-state index contributed by atoms with van der Waals surface area (Å²) in [6.45, 7) is 2.28. The molecule has 1 aromatic rings. The molecule has 0 bridgehead atoms. The minimum absolute atomic E-state index is 0. The second kappa shape index (κ2) is 7.08. The number of benzene rings is 1. The smallest absolute Gasteiger partial charge is 0.287 e. The first-order chi connectivity index (χ1) is 7.64. The van der Waals surface area contributed by atoms with E-state index in [2.05, 4.69) is 0 Å². The molecule has 1 aliphatic heterocycles. The summed E-state index contributed by atoms with van der Waals surface area (Å²) in [6.07, 6.45) is 2.02. The van der Waals surface area contributed by atoms with Crippen molar-refractivity contribution >= 4 is 0 Å². The Balaban J connectivity index is 0.00000144. The van der Waals surface area contributed by atoms with Crippen LogP contribution in [0.3, 0.4) is 0 Å². The summed E-state index contributed by atoms with van der Waals surface area (Å²) < 4.78 is 33.2. The van der Waals surface area contributed by atoms with Crippen LogP contribution in [-0.2, 0) is 27.2 Å². The normalized spacial score (nSPS) is 18.7. The summed E-state index contributed by atoms with van der Waals surface area (Å²) in [5, 5.41) is 0. The van der Waals surface area contributed by atoms with E-state index in [9.17, 15) is 8.78 Å². The zero-order valence-corrected chi connectivity index (χ0v) is 11.1. The molecule has 0 saturated carbocycles. The van der Waals surface area contributed by atoms with Gasteiger partial charge in [0.25, 0.3) is 5.92 Å². The maximum absolute atomic E-state index is 14.0. The van der Waals surface area contributed by atoms with E-state index in [4.69, 9.17) is 4.74 Å². The van der Waals surface area contributed by atoms with E-state index >= 15 is 0 Å². The zero-order chi connectivity index (χ0) is 11.6. The maximum Gasteiger partial charge on any atom is 0.287 e.